The van der Waals surface area contributed by atoms with Gasteiger partial charge in [-0.15, -0.1) is 0 Å². The van der Waals surface area contributed by atoms with E-state index in [-0.39, 0.29) is 29.4 Å². The van der Waals surface area contributed by atoms with Crippen molar-refractivity contribution in [2.45, 2.75) is 6.54 Å². The molecule has 0 saturated carbocycles. The Kier molecular flexibility index (Phi) is 6.52. The van der Waals surface area contributed by atoms with Crippen LogP contribution in [0.2, 0.25) is 5.02 Å². The number of nitro groups is 2. The van der Waals surface area contributed by atoms with E-state index in [0.717, 1.165) is 11.9 Å². The van der Waals surface area contributed by atoms with E-state index in [9.17, 15) is 25.0 Å². The van der Waals surface area contributed by atoms with E-state index in [0.29, 0.717) is 5.02 Å². The van der Waals surface area contributed by atoms with Crippen LogP contribution in [-0.2, 0) is 6.54 Å². The van der Waals surface area contributed by atoms with Gasteiger partial charge in [-0.3, -0.25) is 35.9 Å². The molecule has 0 aliphatic carbocycles. The number of rotatable bonds is 8. The van der Waals surface area contributed by atoms with Crippen LogP contribution >= 0.6 is 11.6 Å². The Morgan fingerprint density at radius 1 is 0.935 bits per heavy atom. The number of nitrogens with one attached hydrogen (secondary N) is 3. The highest BCUT2D eigenvalue weighted by molar-refractivity contribution is 6.30. The third-order valence-corrected chi connectivity index (χ3v) is 4.26. The highest BCUT2D eigenvalue weighted by Crippen LogP contribution is 2.28. The maximum absolute atomic E-state index is 12.2. The molecule has 3 rings (SSSR count). The van der Waals surface area contributed by atoms with Gasteiger partial charge in [0.25, 0.3) is 11.6 Å². The number of anilines is 2. The smallest absolute Gasteiger partial charge is 0.354 e. The summed E-state index contributed by atoms with van der Waals surface area (Å²) in [5.74, 6) is -0.964. The molecular weight excluding hydrogens is 430 g/mol. The summed E-state index contributed by atoms with van der Waals surface area (Å²) >= 11 is 5.84. The maximum atomic E-state index is 12.2. The van der Waals surface area contributed by atoms with E-state index in [1.807, 2.05) is 0 Å². The molecular formula is C18H14ClN7O5. The molecule has 1 amide bonds. The van der Waals surface area contributed by atoms with Crippen molar-refractivity contribution in [1.82, 2.24) is 15.4 Å². The number of carbonyl (C=O) groups is 1. The summed E-state index contributed by atoms with van der Waals surface area (Å²) in [5.41, 5.74) is 4.94. The SMILES string of the molecule is O=C(NNc1ncnc(NCc2ccc(Cl)cc2)c1[N+](=O)[O-])c1ccc([N+](=O)[O-])cc1. The number of benzene rings is 2. The second-order valence-corrected chi connectivity index (χ2v) is 6.48. The van der Waals surface area contributed by atoms with Gasteiger partial charge in [0.05, 0.1) is 9.85 Å². The Bertz CT molecular complexity index is 1120. The molecule has 2 aromatic carbocycles. The Balaban J connectivity index is 1.72. The molecule has 0 bridgehead atoms. The van der Waals surface area contributed by atoms with Gasteiger partial charge < -0.3 is 5.32 Å². The number of hydrazine groups is 1. The van der Waals surface area contributed by atoms with Gasteiger partial charge >= 0.3 is 5.69 Å². The summed E-state index contributed by atoms with van der Waals surface area (Å²) in [7, 11) is 0. The van der Waals surface area contributed by atoms with E-state index in [1.54, 1.807) is 24.3 Å². The number of nitrogens with zero attached hydrogens (tertiary/aromatic N) is 4. The zero-order chi connectivity index (χ0) is 22.4. The van der Waals surface area contributed by atoms with Gasteiger partial charge in [0, 0.05) is 29.3 Å². The minimum Gasteiger partial charge on any atom is -0.360 e. The van der Waals surface area contributed by atoms with Crippen LogP contribution in [0, 0.1) is 20.2 Å². The quantitative estimate of drug-likeness (QED) is 0.349. The Morgan fingerprint density at radius 3 is 2.19 bits per heavy atom. The molecule has 0 saturated heterocycles. The summed E-state index contributed by atoms with van der Waals surface area (Å²) in [6.45, 7) is 0.240. The average molecular weight is 444 g/mol. The minimum atomic E-state index is -0.690. The molecule has 0 unspecified atom stereocenters. The first kappa shape index (κ1) is 21.4. The molecule has 1 aromatic heterocycles. The lowest BCUT2D eigenvalue weighted by Gasteiger charge is -2.11. The predicted molar refractivity (Wildman–Crippen MR) is 112 cm³/mol. The fraction of sp³-hybridized carbons (Fsp3) is 0.0556. The van der Waals surface area contributed by atoms with Crippen molar-refractivity contribution >= 4 is 40.5 Å². The van der Waals surface area contributed by atoms with Gasteiger partial charge in [-0.1, -0.05) is 23.7 Å². The third kappa shape index (κ3) is 5.39. The van der Waals surface area contributed by atoms with E-state index in [1.165, 1.54) is 24.3 Å². The van der Waals surface area contributed by atoms with Gasteiger partial charge in [0.1, 0.15) is 6.33 Å². The van der Waals surface area contributed by atoms with Crippen molar-refractivity contribution in [1.29, 1.82) is 0 Å². The topological polar surface area (TPSA) is 165 Å². The molecule has 3 aromatic rings. The van der Waals surface area contributed by atoms with Crippen LogP contribution < -0.4 is 16.2 Å². The zero-order valence-electron chi connectivity index (χ0n) is 15.6. The highest BCUT2D eigenvalue weighted by Gasteiger charge is 2.23. The van der Waals surface area contributed by atoms with Crippen LogP contribution in [0.3, 0.4) is 0 Å². The average Bonchev–Trinajstić information content (AvgIpc) is 2.76. The van der Waals surface area contributed by atoms with Gasteiger partial charge in [-0.2, -0.15) is 0 Å². The largest absolute Gasteiger partial charge is 0.360 e. The molecule has 158 valence electrons. The maximum Gasteiger partial charge on any atom is 0.354 e. The van der Waals surface area contributed by atoms with Crippen molar-refractivity contribution in [2.24, 2.45) is 0 Å². The first-order valence-electron chi connectivity index (χ1n) is 8.63. The minimum absolute atomic E-state index is 0.0537. The summed E-state index contributed by atoms with van der Waals surface area (Å²) in [6, 6.07) is 11.7. The Labute approximate surface area is 179 Å². The van der Waals surface area contributed by atoms with Crippen LogP contribution in [-0.4, -0.2) is 25.7 Å². The third-order valence-electron chi connectivity index (χ3n) is 4.01. The number of carbonyl (C=O) groups excluding carboxylic acids is 1. The van der Waals surface area contributed by atoms with Gasteiger partial charge in [-0.05, 0) is 29.8 Å². The molecule has 3 N–H and O–H groups in total. The summed E-state index contributed by atoms with van der Waals surface area (Å²) in [6.07, 6.45) is 1.09. The molecule has 0 radical (unpaired) electrons. The van der Waals surface area contributed by atoms with Crippen molar-refractivity contribution in [3.8, 4) is 0 Å². The first-order valence-corrected chi connectivity index (χ1v) is 9.01. The lowest BCUT2D eigenvalue weighted by molar-refractivity contribution is -0.384. The van der Waals surface area contributed by atoms with Crippen LogP contribution in [0.5, 0.6) is 0 Å². The Hall–Kier alpha value is -4.32. The highest BCUT2D eigenvalue weighted by atomic mass is 35.5. The summed E-state index contributed by atoms with van der Waals surface area (Å²) in [4.78, 5) is 40.9. The van der Waals surface area contributed by atoms with Gasteiger partial charge in [-0.25, -0.2) is 9.97 Å². The van der Waals surface area contributed by atoms with Crippen molar-refractivity contribution in [3.05, 3.63) is 91.2 Å². The van der Waals surface area contributed by atoms with Crippen molar-refractivity contribution in [3.63, 3.8) is 0 Å². The molecule has 0 spiro atoms. The number of non-ortho nitro benzene ring substituents is 1. The second-order valence-electron chi connectivity index (χ2n) is 6.04. The van der Waals surface area contributed by atoms with E-state index in [2.05, 4.69) is 26.1 Å². The zero-order valence-corrected chi connectivity index (χ0v) is 16.4. The molecule has 13 heteroatoms. The van der Waals surface area contributed by atoms with E-state index in [4.69, 9.17) is 11.6 Å². The van der Waals surface area contributed by atoms with E-state index < -0.39 is 21.4 Å². The Morgan fingerprint density at radius 2 is 1.58 bits per heavy atom. The predicted octanol–water partition coefficient (Wildman–Crippen LogP) is 3.32. The van der Waals surface area contributed by atoms with Crippen LogP contribution in [0.1, 0.15) is 15.9 Å². The van der Waals surface area contributed by atoms with Gasteiger partial charge in [0.15, 0.2) is 0 Å². The first-order chi connectivity index (χ1) is 14.8. The fourth-order valence-electron chi connectivity index (χ4n) is 2.48. The monoisotopic (exact) mass is 443 g/mol. The molecule has 0 aliphatic heterocycles. The molecule has 31 heavy (non-hydrogen) atoms. The van der Waals surface area contributed by atoms with Crippen LogP contribution in [0.25, 0.3) is 0 Å². The van der Waals surface area contributed by atoms with Crippen molar-refractivity contribution < 1.29 is 14.6 Å². The van der Waals surface area contributed by atoms with Crippen molar-refractivity contribution in [2.75, 3.05) is 10.7 Å². The normalized spacial score (nSPS) is 10.2. The standard InChI is InChI=1S/C18H14ClN7O5/c19-13-5-1-11(2-6-13)9-20-16-15(26(30)31)17(22-10-21-16)23-24-18(27)12-3-7-14(8-4-12)25(28)29/h1-8,10H,9H2,(H,24,27)(H2,20,21,22,23). The van der Waals surface area contributed by atoms with Crippen LogP contribution in [0.4, 0.5) is 23.0 Å². The molecule has 0 aliphatic rings. The number of halogens is 1. The lowest BCUT2D eigenvalue weighted by Crippen LogP contribution is -2.30. The molecule has 12 nitrogen and oxygen atoms in total. The molecule has 1 heterocycles. The second kappa shape index (κ2) is 9.45. The fourth-order valence-corrected chi connectivity index (χ4v) is 2.61. The number of hydrogen-bond acceptors (Lipinski definition) is 9. The number of aromatic nitrogens is 2. The van der Waals surface area contributed by atoms with E-state index >= 15 is 0 Å². The lowest BCUT2D eigenvalue weighted by atomic mass is 10.2. The number of amides is 1. The summed E-state index contributed by atoms with van der Waals surface area (Å²) in [5, 5.41) is 25.7. The number of hydrogen-bond donors (Lipinski definition) is 3. The number of nitro benzene ring substituents is 1. The van der Waals surface area contributed by atoms with Gasteiger partial charge in [0.2, 0.25) is 11.6 Å². The molecule has 0 fully saturated rings. The summed E-state index contributed by atoms with van der Waals surface area (Å²) < 4.78 is 0. The molecule has 0 atom stereocenters. The van der Waals surface area contributed by atoms with Crippen LogP contribution in [0.15, 0.2) is 54.9 Å².